The second-order valence-corrected chi connectivity index (χ2v) is 3.05. The Morgan fingerprint density at radius 2 is 2.00 bits per heavy atom. The Hall–Kier alpha value is -1.22. The molecule has 0 atom stereocenters. The Labute approximate surface area is 88.2 Å². The number of hydrogen-bond acceptors (Lipinski definition) is 2. The monoisotopic (exact) mass is 213 g/mol. The molecule has 14 heavy (non-hydrogen) atoms. The highest BCUT2D eigenvalue weighted by Gasteiger charge is 2.08. The van der Waals surface area contributed by atoms with E-state index in [1.165, 1.54) is 4.90 Å². The molecule has 1 aromatic carbocycles. The van der Waals surface area contributed by atoms with Gasteiger partial charge in [-0.15, -0.1) is 11.6 Å². The van der Waals surface area contributed by atoms with E-state index in [0.29, 0.717) is 0 Å². The first kappa shape index (κ1) is 10.9. The van der Waals surface area contributed by atoms with E-state index in [0.717, 1.165) is 11.4 Å². The first-order chi connectivity index (χ1) is 6.69. The topological polar surface area (TPSA) is 29.5 Å². The van der Waals surface area contributed by atoms with Gasteiger partial charge in [-0.25, -0.2) is 0 Å². The Bertz CT molecular complexity index is 310. The van der Waals surface area contributed by atoms with Crippen LogP contribution in [0.15, 0.2) is 24.3 Å². The maximum atomic E-state index is 11.2. The van der Waals surface area contributed by atoms with Crippen molar-refractivity contribution in [2.75, 3.05) is 24.9 Å². The van der Waals surface area contributed by atoms with Crippen molar-refractivity contribution in [3.8, 4) is 5.75 Å². The van der Waals surface area contributed by atoms with Crippen LogP contribution in [0.3, 0.4) is 0 Å². The summed E-state index contributed by atoms with van der Waals surface area (Å²) < 4.78 is 5.01. The van der Waals surface area contributed by atoms with E-state index in [1.807, 2.05) is 12.1 Å². The van der Waals surface area contributed by atoms with Gasteiger partial charge in [0.15, 0.2) is 0 Å². The molecule has 0 aliphatic rings. The predicted octanol–water partition coefficient (Wildman–Crippen LogP) is 1.90. The third kappa shape index (κ3) is 2.39. The van der Waals surface area contributed by atoms with Crippen molar-refractivity contribution in [1.82, 2.24) is 0 Å². The molecule has 76 valence electrons. The van der Waals surface area contributed by atoms with Crippen molar-refractivity contribution in [2.45, 2.75) is 0 Å². The van der Waals surface area contributed by atoms with Gasteiger partial charge in [0.2, 0.25) is 5.91 Å². The molecule has 0 N–H and O–H groups in total. The number of carbonyl (C=O) groups is 1. The number of hydrogen-bond donors (Lipinski definition) is 0. The summed E-state index contributed by atoms with van der Waals surface area (Å²) >= 11 is 5.44. The van der Waals surface area contributed by atoms with E-state index in [2.05, 4.69) is 0 Å². The normalized spacial score (nSPS) is 9.64. The fourth-order valence-electron chi connectivity index (χ4n) is 1.04. The second-order valence-electron chi connectivity index (χ2n) is 2.78. The van der Waals surface area contributed by atoms with Crippen LogP contribution in [0.2, 0.25) is 0 Å². The van der Waals surface area contributed by atoms with Gasteiger partial charge in [-0.2, -0.15) is 0 Å². The van der Waals surface area contributed by atoms with Crippen LogP contribution < -0.4 is 9.64 Å². The van der Waals surface area contributed by atoms with Gasteiger partial charge in [0.05, 0.1) is 7.11 Å². The van der Waals surface area contributed by atoms with Crippen LogP contribution >= 0.6 is 11.6 Å². The summed E-state index contributed by atoms with van der Waals surface area (Å²) in [5, 5.41) is 0. The maximum absolute atomic E-state index is 11.2. The van der Waals surface area contributed by atoms with Crippen LogP contribution in [-0.2, 0) is 4.79 Å². The number of halogens is 1. The lowest BCUT2D eigenvalue weighted by molar-refractivity contribution is -0.116. The zero-order valence-electron chi connectivity index (χ0n) is 8.16. The highest BCUT2D eigenvalue weighted by atomic mass is 35.5. The molecule has 0 heterocycles. The molecule has 0 spiro atoms. The average Bonchev–Trinajstić information content (AvgIpc) is 2.27. The molecule has 1 amide bonds. The van der Waals surface area contributed by atoms with Gasteiger partial charge in [-0.1, -0.05) is 0 Å². The molecule has 1 aromatic rings. The van der Waals surface area contributed by atoms with Gasteiger partial charge in [0.25, 0.3) is 0 Å². The van der Waals surface area contributed by atoms with Crippen molar-refractivity contribution >= 4 is 23.2 Å². The van der Waals surface area contributed by atoms with Gasteiger partial charge >= 0.3 is 0 Å². The first-order valence-corrected chi connectivity index (χ1v) is 4.69. The number of rotatable bonds is 3. The summed E-state index contributed by atoms with van der Waals surface area (Å²) in [6.07, 6.45) is 0. The van der Waals surface area contributed by atoms with Gasteiger partial charge in [-0.3, -0.25) is 4.79 Å². The van der Waals surface area contributed by atoms with Crippen LogP contribution in [0, 0.1) is 0 Å². The molecule has 0 saturated heterocycles. The summed E-state index contributed by atoms with van der Waals surface area (Å²) in [4.78, 5) is 12.7. The van der Waals surface area contributed by atoms with E-state index >= 15 is 0 Å². The number of ether oxygens (including phenoxy) is 1. The summed E-state index contributed by atoms with van der Waals surface area (Å²) in [6, 6.07) is 7.22. The Morgan fingerprint density at radius 1 is 1.43 bits per heavy atom. The van der Waals surface area contributed by atoms with E-state index < -0.39 is 0 Å². The van der Waals surface area contributed by atoms with Crippen molar-refractivity contribution in [2.24, 2.45) is 0 Å². The second kappa shape index (κ2) is 4.86. The molecule has 0 unspecified atom stereocenters. The number of carbonyl (C=O) groups excluding carboxylic acids is 1. The number of benzene rings is 1. The molecule has 0 aromatic heterocycles. The van der Waals surface area contributed by atoms with E-state index in [1.54, 1.807) is 26.3 Å². The third-order valence-electron chi connectivity index (χ3n) is 1.95. The summed E-state index contributed by atoms with van der Waals surface area (Å²) in [5.74, 6) is 0.625. The van der Waals surface area contributed by atoms with Crippen LogP contribution in [0.4, 0.5) is 5.69 Å². The third-order valence-corrected chi connectivity index (χ3v) is 2.18. The molecule has 0 fully saturated rings. The minimum Gasteiger partial charge on any atom is -0.497 e. The quantitative estimate of drug-likeness (QED) is 0.718. The van der Waals surface area contributed by atoms with E-state index in [-0.39, 0.29) is 11.8 Å². The van der Waals surface area contributed by atoms with Gasteiger partial charge < -0.3 is 9.64 Å². The lowest BCUT2D eigenvalue weighted by Crippen LogP contribution is -2.26. The molecule has 3 nitrogen and oxygen atoms in total. The average molecular weight is 214 g/mol. The number of amides is 1. The van der Waals surface area contributed by atoms with Gasteiger partial charge in [0, 0.05) is 12.7 Å². The van der Waals surface area contributed by atoms with Crippen molar-refractivity contribution < 1.29 is 9.53 Å². The molecular formula is C10H12ClNO2. The SMILES string of the molecule is COc1ccc(N(C)C(=O)CCl)cc1. The van der Waals surface area contributed by atoms with Crippen LogP contribution in [0.25, 0.3) is 0 Å². The molecule has 0 aliphatic heterocycles. The van der Waals surface area contributed by atoms with Crippen LogP contribution in [0.5, 0.6) is 5.75 Å². The minimum atomic E-state index is -0.128. The van der Waals surface area contributed by atoms with Gasteiger partial charge in [0.1, 0.15) is 11.6 Å². The highest BCUT2D eigenvalue weighted by Crippen LogP contribution is 2.18. The Kier molecular flexibility index (Phi) is 3.77. The predicted molar refractivity (Wildman–Crippen MR) is 57.1 cm³/mol. The summed E-state index contributed by atoms with van der Waals surface area (Å²) in [7, 11) is 3.29. The number of anilines is 1. The van der Waals surface area contributed by atoms with Crippen molar-refractivity contribution in [3.63, 3.8) is 0 Å². The van der Waals surface area contributed by atoms with Crippen LogP contribution in [0.1, 0.15) is 0 Å². The number of alkyl halides is 1. The van der Waals surface area contributed by atoms with Crippen LogP contribution in [-0.4, -0.2) is 25.9 Å². The fraction of sp³-hybridized carbons (Fsp3) is 0.300. The van der Waals surface area contributed by atoms with E-state index in [9.17, 15) is 4.79 Å². The summed E-state index contributed by atoms with van der Waals surface area (Å²) in [6.45, 7) is 0. The molecule has 0 bridgehead atoms. The summed E-state index contributed by atoms with van der Waals surface area (Å²) in [5.41, 5.74) is 0.802. The Balaban J connectivity index is 2.81. The molecule has 0 aliphatic carbocycles. The lowest BCUT2D eigenvalue weighted by atomic mass is 10.3. The fourth-order valence-corrected chi connectivity index (χ4v) is 1.22. The maximum Gasteiger partial charge on any atom is 0.241 e. The standard InChI is InChI=1S/C10H12ClNO2/c1-12(10(13)7-11)8-3-5-9(14-2)6-4-8/h3-6H,7H2,1-2H3. The molecular weight excluding hydrogens is 202 g/mol. The molecule has 1 rings (SSSR count). The largest absolute Gasteiger partial charge is 0.497 e. The van der Waals surface area contributed by atoms with Gasteiger partial charge in [-0.05, 0) is 24.3 Å². The zero-order valence-corrected chi connectivity index (χ0v) is 8.91. The first-order valence-electron chi connectivity index (χ1n) is 4.15. The molecule has 0 radical (unpaired) electrons. The number of nitrogens with zero attached hydrogens (tertiary/aromatic N) is 1. The van der Waals surface area contributed by atoms with Crippen molar-refractivity contribution in [1.29, 1.82) is 0 Å². The minimum absolute atomic E-state index is 0.0114. The zero-order chi connectivity index (χ0) is 10.6. The highest BCUT2D eigenvalue weighted by molar-refractivity contribution is 6.29. The van der Waals surface area contributed by atoms with Crippen molar-refractivity contribution in [3.05, 3.63) is 24.3 Å². The molecule has 0 saturated carbocycles. The smallest absolute Gasteiger partial charge is 0.241 e. The van der Waals surface area contributed by atoms with E-state index in [4.69, 9.17) is 16.3 Å². The number of methoxy groups -OCH3 is 1. The lowest BCUT2D eigenvalue weighted by Gasteiger charge is -2.15. The molecule has 4 heteroatoms. The Morgan fingerprint density at radius 3 is 2.43 bits per heavy atom.